The summed E-state index contributed by atoms with van der Waals surface area (Å²) in [5, 5.41) is 0. The summed E-state index contributed by atoms with van der Waals surface area (Å²) in [5.74, 6) is 1.55. The summed E-state index contributed by atoms with van der Waals surface area (Å²) in [4.78, 5) is 0. The second kappa shape index (κ2) is 11.9. The molecule has 0 aliphatic heterocycles. The zero-order chi connectivity index (χ0) is 18.6. The van der Waals surface area contributed by atoms with Crippen LogP contribution in [-0.2, 0) is 4.52 Å². The lowest BCUT2D eigenvalue weighted by Crippen LogP contribution is -2.01. The zero-order valence-corrected chi connectivity index (χ0v) is 17.1. The SMILES string of the molecule is CCCCCCCCOP(Oc1ccc(C)cc1)Oc1ccc(C)cc1. The molecular weight excluding hydrogens is 343 g/mol. The van der Waals surface area contributed by atoms with Gasteiger partial charge in [0, 0.05) is 0 Å². The van der Waals surface area contributed by atoms with Gasteiger partial charge < -0.3 is 9.05 Å². The van der Waals surface area contributed by atoms with Crippen molar-refractivity contribution < 1.29 is 13.6 Å². The van der Waals surface area contributed by atoms with E-state index in [1.165, 1.54) is 43.2 Å². The number of hydrogen-bond donors (Lipinski definition) is 0. The van der Waals surface area contributed by atoms with Gasteiger partial charge in [0.15, 0.2) is 0 Å². The maximum Gasteiger partial charge on any atom is 0.463 e. The van der Waals surface area contributed by atoms with Gasteiger partial charge in [0.05, 0.1) is 6.61 Å². The van der Waals surface area contributed by atoms with Gasteiger partial charge in [-0.05, 0) is 44.5 Å². The van der Waals surface area contributed by atoms with E-state index in [4.69, 9.17) is 13.6 Å². The highest BCUT2D eigenvalue weighted by Crippen LogP contribution is 2.41. The molecule has 0 amide bonds. The first-order valence-corrected chi connectivity index (χ1v) is 10.7. The van der Waals surface area contributed by atoms with Crippen LogP contribution in [0.1, 0.15) is 56.6 Å². The van der Waals surface area contributed by atoms with Gasteiger partial charge in [0.1, 0.15) is 11.5 Å². The van der Waals surface area contributed by atoms with Gasteiger partial charge in [0.2, 0.25) is 0 Å². The summed E-state index contributed by atoms with van der Waals surface area (Å²) >= 11 is 0. The Balaban J connectivity index is 1.85. The molecule has 0 fully saturated rings. The maximum absolute atomic E-state index is 5.97. The number of rotatable bonds is 12. The van der Waals surface area contributed by atoms with E-state index >= 15 is 0 Å². The molecule has 4 heteroatoms. The number of aryl methyl sites for hydroxylation is 2. The van der Waals surface area contributed by atoms with Crippen molar-refractivity contribution in [2.45, 2.75) is 59.3 Å². The van der Waals surface area contributed by atoms with Crippen LogP contribution in [0.3, 0.4) is 0 Å². The van der Waals surface area contributed by atoms with E-state index in [9.17, 15) is 0 Å². The summed E-state index contributed by atoms with van der Waals surface area (Å²) in [7, 11) is -1.46. The van der Waals surface area contributed by atoms with Crippen molar-refractivity contribution in [1.82, 2.24) is 0 Å². The van der Waals surface area contributed by atoms with Crippen molar-refractivity contribution in [3.8, 4) is 11.5 Å². The molecule has 2 aromatic carbocycles. The second-order valence-corrected chi connectivity index (χ2v) is 7.70. The predicted octanol–water partition coefficient (Wildman–Crippen LogP) is 7.37. The van der Waals surface area contributed by atoms with E-state index in [1.54, 1.807) is 0 Å². The lowest BCUT2D eigenvalue weighted by Gasteiger charge is -2.18. The minimum absolute atomic E-state index is 0.662. The Labute approximate surface area is 159 Å². The van der Waals surface area contributed by atoms with E-state index < -0.39 is 8.60 Å². The quantitative estimate of drug-likeness (QED) is 0.287. The number of hydrogen-bond acceptors (Lipinski definition) is 3. The summed E-state index contributed by atoms with van der Waals surface area (Å²) in [5.41, 5.74) is 2.41. The molecule has 2 aromatic rings. The lowest BCUT2D eigenvalue weighted by atomic mass is 10.1. The van der Waals surface area contributed by atoms with Crippen LogP contribution in [0.25, 0.3) is 0 Å². The molecule has 0 bridgehead atoms. The van der Waals surface area contributed by atoms with E-state index in [0.29, 0.717) is 6.61 Å². The molecular formula is C22H31O3P. The smallest absolute Gasteiger partial charge is 0.418 e. The summed E-state index contributed by atoms with van der Waals surface area (Å²) < 4.78 is 17.9. The van der Waals surface area contributed by atoms with Gasteiger partial charge in [-0.15, -0.1) is 0 Å². The first-order chi connectivity index (χ1) is 12.7. The molecule has 26 heavy (non-hydrogen) atoms. The zero-order valence-electron chi connectivity index (χ0n) is 16.2. The van der Waals surface area contributed by atoms with Crippen molar-refractivity contribution >= 4 is 8.60 Å². The number of unbranched alkanes of at least 4 members (excludes halogenated alkanes) is 5. The van der Waals surface area contributed by atoms with Crippen LogP contribution in [0.15, 0.2) is 48.5 Å². The average molecular weight is 374 g/mol. The molecule has 0 saturated heterocycles. The minimum atomic E-state index is -1.46. The highest BCUT2D eigenvalue weighted by Gasteiger charge is 2.17. The Morgan fingerprint density at radius 3 is 1.62 bits per heavy atom. The fourth-order valence-corrected chi connectivity index (χ4v) is 3.47. The molecule has 0 heterocycles. The minimum Gasteiger partial charge on any atom is -0.418 e. The van der Waals surface area contributed by atoms with Crippen LogP contribution >= 0.6 is 8.60 Å². The van der Waals surface area contributed by atoms with Crippen molar-refractivity contribution in [3.63, 3.8) is 0 Å². The summed E-state index contributed by atoms with van der Waals surface area (Å²) in [6, 6.07) is 15.9. The van der Waals surface area contributed by atoms with Gasteiger partial charge in [-0.3, -0.25) is 4.52 Å². The Morgan fingerprint density at radius 2 is 1.12 bits per heavy atom. The van der Waals surface area contributed by atoms with Crippen LogP contribution in [0.2, 0.25) is 0 Å². The molecule has 0 spiro atoms. The lowest BCUT2D eigenvalue weighted by molar-refractivity contribution is 0.258. The molecule has 3 nitrogen and oxygen atoms in total. The molecule has 0 aliphatic rings. The van der Waals surface area contributed by atoms with Crippen LogP contribution in [0, 0.1) is 13.8 Å². The van der Waals surface area contributed by atoms with Crippen LogP contribution in [0.5, 0.6) is 11.5 Å². The highest BCUT2D eigenvalue weighted by molar-refractivity contribution is 7.42. The monoisotopic (exact) mass is 374 g/mol. The number of benzene rings is 2. The summed E-state index contributed by atoms with van der Waals surface area (Å²) in [6.45, 7) is 7.02. The predicted molar refractivity (Wildman–Crippen MR) is 110 cm³/mol. The molecule has 0 unspecified atom stereocenters. The Bertz CT molecular complexity index is 563. The van der Waals surface area contributed by atoms with Crippen molar-refractivity contribution in [2.75, 3.05) is 6.61 Å². The van der Waals surface area contributed by atoms with Crippen molar-refractivity contribution in [2.24, 2.45) is 0 Å². The van der Waals surface area contributed by atoms with Gasteiger partial charge in [-0.2, -0.15) is 0 Å². The second-order valence-electron chi connectivity index (χ2n) is 6.63. The third-order valence-electron chi connectivity index (χ3n) is 4.10. The molecule has 142 valence electrons. The third-order valence-corrected chi connectivity index (χ3v) is 5.21. The third kappa shape index (κ3) is 8.21. The highest BCUT2D eigenvalue weighted by atomic mass is 31.2. The topological polar surface area (TPSA) is 27.7 Å². The van der Waals surface area contributed by atoms with E-state index in [1.807, 2.05) is 48.5 Å². The largest absolute Gasteiger partial charge is 0.463 e. The van der Waals surface area contributed by atoms with E-state index in [-0.39, 0.29) is 0 Å². The molecule has 0 aromatic heterocycles. The van der Waals surface area contributed by atoms with Crippen LogP contribution in [-0.4, -0.2) is 6.61 Å². The molecule has 0 saturated carbocycles. The van der Waals surface area contributed by atoms with Crippen LogP contribution < -0.4 is 9.05 Å². The molecule has 0 aliphatic carbocycles. The molecule has 0 atom stereocenters. The van der Waals surface area contributed by atoms with Crippen molar-refractivity contribution in [3.05, 3.63) is 59.7 Å². The van der Waals surface area contributed by atoms with Gasteiger partial charge in [-0.1, -0.05) is 74.4 Å². The standard InChI is InChI=1S/C22H31O3P/c1-4-5-6-7-8-9-18-23-26(24-21-14-10-19(2)11-15-21)25-22-16-12-20(3)13-17-22/h10-17H,4-9,18H2,1-3H3. The van der Waals surface area contributed by atoms with Gasteiger partial charge in [-0.25, -0.2) is 0 Å². The van der Waals surface area contributed by atoms with E-state index in [2.05, 4.69) is 20.8 Å². The van der Waals surface area contributed by atoms with E-state index in [0.717, 1.165) is 17.9 Å². The Morgan fingerprint density at radius 1 is 0.654 bits per heavy atom. The average Bonchev–Trinajstić information content (AvgIpc) is 2.64. The molecule has 2 rings (SSSR count). The first-order valence-electron chi connectivity index (χ1n) is 9.59. The maximum atomic E-state index is 5.97. The molecule has 0 N–H and O–H groups in total. The fourth-order valence-electron chi connectivity index (χ4n) is 2.46. The first kappa shape index (κ1) is 20.7. The normalized spacial score (nSPS) is 10.9. The van der Waals surface area contributed by atoms with Gasteiger partial charge in [0.25, 0.3) is 0 Å². The van der Waals surface area contributed by atoms with Crippen molar-refractivity contribution in [1.29, 1.82) is 0 Å². The fraction of sp³-hybridized carbons (Fsp3) is 0.455. The van der Waals surface area contributed by atoms with Gasteiger partial charge >= 0.3 is 8.60 Å². The van der Waals surface area contributed by atoms with Crippen LogP contribution in [0.4, 0.5) is 0 Å². The summed E-state index contributed by atoms with van der Waals surface area (Å²) in [6.07, 6.45) is 7.41. The molecule has 0 radical (unpaired) electrons. The Kier molecular flexibility index (Phi) is 9.52. The Hall–Kier alpha value is -1.57.